The van der Waals surface area contributed by atoms with Gasteiger partial charge in [0.1, 0.15) is 19.3 Å². The fourth-order valence-electron chi connectivity index (χ4n) is 3.54. The molecule has 8 nitrogen and oxygen atoms in total. The number of hydrogen-bond acceptors (Lipinski definition) is 7. The van der Waals surface area contributed by atoms with Crippen LogP contribution in [0.4, 0.5) is 0 Å². The Labute approximate surface area is 191 Å². The van der Waals surface area contributed by atoms with Gasteiger partial charge in [0.15, 0.2) is 6.23 Å². The van der Waals surface area contributed by atoms with Crippen LogP contribution in [-0.4, -0.2) is 69.6 Å². The number of pyridine rings is 1. The number of aromatic nitrogens is 1. The summed E-state index contributed by atoms with van der Waals surface area (Å²) in [5.74, 6) is 2.29. The maximum Gasteiger partial charge on any atom is 0.232 e. The van der Waals surface area contributed by atoms with Gasteiger partial charge in [-0.1, -0.05) is 25.7 Å². The quantitative estimate of drug-likeness (QED) is 0.251. The minimum Gasteiger partial charge on any atom is -0.493 e. The molecule has 1 aromatic heterocycles. The van der Waals surface area contributed by atoms with Gasteiger partial charge in [-0.3, -0.25) is 14.7 Å². The zero-order chi connectivity index (χ0) is 22.6. The van der Waals surface area contributed by atoms with Crippen LogP contribution in [0, 0.1) is 11.8 Å². The predicted octanol–water partition coefficient (Wildman–Crippen LogP) is 3.39. The van der Waals surface area contributed by atoms with Gasteiger partial charge in [-0.15, -0.1) is 0 Å². The van der Waals surface area contributed by atoms with Crippen molar-refractivity contribution in [2.24, 2.45) is 11.8 Å². The van der Waals surface area contributed by atoms with E-state index in [1.54, 1.807) is 20.4 Å². The molecule has 180 valence electrons. The monoisotopic (exact) mass is 450 g/mol. The molecule has 0 N–H and O–H groups in total. The van der Waals surface area contributed by atoms with Gasteiger partial charge in [-0.05, 0) is 37.2 Å². The number of nitrogens with zero attached hydrogens (tertiary/aromatic N) is 2. The standard InChI is InChI=1S/C24H38N2O6/c1-28-17-26(24(32-18-29-2)16-30-12-3-4-19-5-6-19)23(27)15-21-14-22(9-11-25-21)31-13-10-20-7-8-20/h9,11,14,19-20,24H,3-8,10,12-13,15-18H2,1-2H3/t24-/m1/s1. The highest BCUT2D eigenvalue weighted by atomic mass is 16.7. The lowest BCUT2D eigenvalue weighted by Gasteiger charge is -2.30. The van der Waals surface area contributed by atoms with Crippen molar-refractivity contribution >= 4 is 5.91 Å². The predicted molar refractivity (Wildman–Crippen MR) is 119 cm³/mol. The molecule has 1 heterocycles. The Morgan fingerprint density at radius 1 is 1.12 bits per heavy atom. The van der Waals surface area contributed by atoms with Gasteiger partial charge in [0.2, 0.25) is 5.91 Å². The zero-order valence-electron chi connectivity index (χ0n) is 19.5. The maximum atomic E-state index is 13.1. The highest BCUT2D eigenvalue weighted by Crippen LogP contribution is 2.33. The summed E-state index contributed by atoms with van der Waals surface area (Å²) < 4.78 is 27.7. The van der Waals surface area contributed by atoms with Crippen LogP contribution in [-0.2, 0) is 30.2 Å². The number of carbonyl (C=O) groups is 1. The van der Waals surface area contributed by atoms with E-state index in [-0.39, 0.29) is 32.5 Å². The molecule has 1 aromatic rings. The first kappa shape index (κ1) is 24.9. The van der Waals surface area contributed by atoms with Crippen molar-refractivity contribution in [2.75, 3.05) is 47.6 Å². The van der Waals surface area contributed by atoms with E-state index in [0.717, 1.165) is 30.4 Å². The Morgan fingerprint density at radius 3 is 2.62 bits per heavy atom. The van der Waals surface area contributed by atoms with Crippen molar-refractivity contribution in [3.8, 4) is 5.75 Å². The summed E-state index contributed by atoms with van der Waals surface area (Å²) in [6, 6.07) is 3.66. The summed E-state index contributed by atoms with van der Waals surface area (Å²) in [4.78, 5) is 19.0. The zero-order valence-corrected chi connectivity index (χ0v) is 19.5. The number of rotatable bonds is 18. The van der Waals surface area contributed by atoms with E-state index in [4.69, 9.17) is 23.7 Å². The van der Waals surface area contributed by atoms with E-state index in [1.165, 1.54) is 37.0 Å². The molecule has 2 fully saturated rings. The lowest BCUT2D eigenvalue weighted by molar-refractivity contribution is -0.184. The molecule has 1 amide bonds. The van der Waals surface area contributed by atoms with Gasteiger partial charge in [0, 0.05) is 33.1 Å². The Morgan fingerprint density at radius 2 is 1.91 bits per heavy atom. The van der Waals surface area contributed by atoms with Gasteiger partial charge < -0.3 is 23.7 Å². The van der Waals surface area contributed by atoms with Gasteiger partial charge >= 0.3 is 0 Å². The van der Waals surface area contributed by atoms with E-state index in [9.17, 15) is 4.79 Å². The molecule has 0 radical (unpaired) electrons. The first-order valence-electron chi connectivity index (χ1n) is 11.7. The van der Waals surface area contributed by atoms with Gasteiger partial charge in [-0.2, -0.15) is 0 Å². The average molecular weight is 451 g/mol. The fourth-order valence-corrected chi connectivity index (χ4v) is 3.54. The molecular weight excluding hydrogens is 412 g/mol. The molecule has 0 unspecified atom stereocenters. The minimum atomic E-state index is -0.596. The first-order chi connectivity index (χ1) is 15.7. The second-order valence-corrected chi connectivity index (χ2v) is 8.71. The number of ether oxygens (including phenoxy) is 5. The molecule has 0 bridgehead atoms. The van der Waals surface area contributed by atoms with E-state index >= 15 is 0 Å². The Balaban J connectivity index is 1.51. The van der Waals surface area contributed by atoms with Crippen LogP contribution in [0.2, 0.25) is 0 Å². The fraction of sp³-hybridized carbons (Fsp3) is 0.750. The van der Waals surface area contributed by atoms with Crippen LogP contribution in [0.1, 0.15) is 50.6 Å². The Bertz CT molecular complexity index is 680. The summed E-state index contributed by atoms with van der Waals surface area (Å²) in [5, 5.41) is 0. The molecule has 2 aliphatic rings. The van der Waals surface area contributed by atoms with Gasteiger partial charge in [-0.25, -0.2) is 0 Å². The third kappa shape index (κ3) is 9.40. The van der Waals surface area contributed by atoms with Crippen molar-refractivity contribution in [2.45, 2.75) is 57.6 Å². The SMILES string of the molecule is COCO[C@H](COCCCC1CC1)N(COC)C(=O)Cc1cc(OCCC2CC2)ccn1. The molecule has 32 heavy (non-hydrogen) atoms. The third-order valence-corrected chi connectivity index (χ3v) is 5.78. The van der Waals surface area contributed by atoms with Crippen molar-refractivity contribution in [1.82, 2.24) is 9.88 Å². The molecule has 0 spiro atoms. The summed E-state index contributed by atoms with van der Waals surface area (Å²) in [6.45, 7) is 1.77. The highest BCUT2D eigenvalue weighted by molar-refractivity contribution is 5.78. The van der Waals surface area contributed by atoms with Crippen molar-refractivity contribution in [3.63, 3.8) is 0 Å². The first-order valence-corrected chi connectivity index (χ1v) is 11.7. The van der Waals surface area contributed by atoms with Crippen molar-refractivity contribution in [1.29, 1.82) is 0 Å². The number of amides is 1. The van der Waals surface area contributed by atoms with Crippen molar-refractivity contribution < 1.29 is 28.5 Å². The smallest absolute Gasteiger partial charge is 0.232 e. The topological polar surface area (TPSA) is 79.3 Å². The lowest BCUT2D eigenvalue weighted by atomic mass is 10.2. The number of methoxy groups -OCH3 is 2. The number of carbonyl (C=O) groups excluding carboxylic acids is 1. The third-order valence-electron chi connectivity index (χ3n) is 5.78. The molecule has 3 rings (SSSR count). The second kappa shape index (κ2) is 13.7. The van der Waals surface area contributed by atoms with Crippen LogP contribution in [0.25, 0.3) is 0 Å². The largest absolute Gasteiger partial charge is 0.493 e. The van der Waals surface area contributed by atoms with Crippen LogP contribution in [0.15, 0.2) is 18.3 Å². The second-order valence-electron chi connectivity index (χ2n) is 8.71. The molecule has 8 heteroatoms. The minimum absolute atomic E-state index is 0.0617. The van der Waals surface area contributed by atoms with Crippen LogP contribution in [0.5, 0.6) is 5.75 Å². The summed E-state index contributed by atoms with van der Waals surface area (Å²) in [7, 11) is 3.10. The molecule has 0 aliphatic heterocycles. The van der Waals surface area contributed by atoms with E-state index in [2.05, 4.69) is 4.98 Å². The van der Waals surface area contributed by atoms with Crippen LogP contribution >= 0.6 is 0 Å². The maximum absolute atomic E-state index is 13.1. The summed E-state index contributed by atoms with van der Waals surface area (Å²) >= 11 is 0. The molecule has 0 saturated heterocycles. The molecule has 1 atom stereocenters. The molecule has 0 aromatic carbocycles. The van der Waals surface area contributed by atoms with E-state index in [0.29, 0.717) is 18.9 Å². The number of hydrogen-bond donors (Lipinski definition) is 0. The van der Waals surface area contributed by atoms with Gasteiger partial charge in [0.25, 0.3) is 0 Å². The normalized spacial score (nSPS) is 16.7. The summed E-state index contributed by atoms with van der Waals surface area (Å²) in [5.41, 5.74) is 0.649. The van der Waals surface area contributed by atoms with Crippen LogP contribution in [0.3, 0.4) is 0 Å². The molecular formula is C24H38N2O6. The Kier molecular flexibility index (Phi) is 10.7. The van der Waals surface area contributed by atoms with Gasteiger partial charge in [0.05, 0.1) is 25.3 Å². The molecule has 2 saturated carbocycles. The van der Waals surface area contributed by atoms with E-state index < -0.39 is 6.23 Å². The lowest BCUT2D eigenvalue weighted by Crippen LogP contribution is -2.46. The summed E-state index contributed by atoms with van der Waals surface area (Å²) in [6.07, 6.45) is 9.82. The highest BCUT2D eigenvalue weighted by Gasteiger charge is 2.26. The average Bonchev–Trinajstić information content (AvgIpc) is 3.70. The van der Waals surface area contributed by atoms with Crippen LogP contribution < -0.4 is 4.74 Å². The van der Waals surface area contributed by atoms with E-state index in [1.807, 2.05) is 12.1 Å². The Hall–Kier alpha value is -1.74. The van der Waals surface area contributed by atoms with Crippen molar-refractivity contribution in [3.05, 3.63) is 24.0 Å². The molecule has 2 aliphatic carbocycles.